The third-order valence-corrected chi connectivity index (χ3v) is 4.46. The second-order valence-corrected chi connectivity index (χ2v) is 6.29. The summed E-state index contributed by atoms with van der Waals surface area (Å²) in [5, 5.41) is 3.36. The van der Waals surface area contributed by atoms with E-state index in [0.29, 0.717) is 10.8 Å². The highest BCUT2D eigenvalue weighted by atomic mass is 35.5. The van der Waals surface area contributed by atoms with Gasteiger partial charge in [0, 0.05) is 6.04 Å². The molecule has 0 aliphatic heterocycles. The lowest BCUT2D eigenvalue weighted by atomic mass is 9.96. The molecule has 1 amide bonds. The Morgan fingerprint density at radius 1 is 1.00 bits per heavy atom. The summed E-state index contributed by atoms with van der Waals surface area (Å²) in [5.41, 5.74) is 2.07. The number of benzene rings is 2. The van der Waals surface area contributed by atoms with Crippen LogP contribution < -0.4 is 10.1 Å². The van der Waals surface area contributed by atoms with Gasteiger partial charge < -0.3 is 10.1 Å². The van der Waals surface area contributed by atoms with Crippen molar-refractivity contribution < 1.29 is 9.53 Å². The zero-order valence-corrected chi connectivity index (χ0v) is 13.7. The van der Waals surface area contributed by atoms with Crippen molar-refractivity contribution in [2.75, 3.05) is 0 Å². The lowest BCUT2D eigenvalue weighted by Crippen LogP contribution is -2.38. The Balaban J connectivity index is 1.65. The van der Waals surface area contributed by atoms with Crippen LogP contribution in [0.5, 0.6) is 5.75 Å². The molecular weight excluding hydrogens is 310 g/mol. The van der Waals surface area contributed by atoms with Crippen LogP contribution in [-0.4, -0.2) is 12.1 Å². The summed E-state index contributed by atoms with van der Waals surface area (Å²) in [6.07, 6.45) is 5.20. The van der Waals surface area contributed by atoms with Gasteiger partial charge >= 0.3 is 6.09 Å². The van der Waals surface area contributed by atoms with Gasteiger partial charge in [-0.3, -0.25) is 0 Å². The first-order valence-corrected chi connectivity index (χ1v) is 8.43. The molecule has 1 fully saturated rings. The third kappa shape index (κ3) is 4.26. The Bertz CT molecular complexity index is 666. The zero-order valence-electron chi connectivity index (χ0n) is 12.9. The normalized spacial score (nSPS) is 15.2. The average molecular weight is 330 g/mol. The predicted molar refractivity (Wildman–Crippen MR) is 92.9 cm³/mol. The molecule has 3 nitrogen and oxygen atoms in total. The van der Waals surface area contributed by atoms with Crippen LogP contribution in [0.15, 0.2) is 48.5 Å². The molecule has 0 radical (unpaired) electrons. The van der Waals surface area contributed by atoms with Gasteiger partial charge in [0.2, 0.25) is 0 Å². The van der Waals surface area contributed by atoms with Crippen molar-refractivity contribution >= 4 is 17.7 Å². The van der Waals surface area contributed by atoms with E-state index in [4.69, 9.17) is 16.3 Å². The first-order chi connectivity index (χ1) is 11.2. The van der Waals surface area contributed by atoms with Crippen LogP contribution in [0.25, 0.3) is 11.1 Å². The van der Waals surface area contributed by atoms with Gasteiger partial charge in [0.05, 0.1) is 5.02 Å². The molecule has 0 atom stereocenters. The van der Waals surface area contributed by atoms with E-state index in [1.807, 2.05) is 42.5 Å². The van der Waals surface area contributed by atoms with E-state index in [9.17, 15) is 4.79 Å². The molecule has 23 heavy (non-hydrogen) atoms. The highest BCUT2D eigenvalue weighted by molar-refractivity contribution is 6.32. The van der Waals surface area contributed by atoms with E-state index < -0.39 is 6.09 Å². The van der Waals surface area contributed by atoms with Crippen LogP contribution in [0.4, 0.5) is 4.79 Å². The number of carbonyl (C=O) groups is 1. The molecule has 4 heteroatoms. The number of amides is 1. The lowest BCUT2D eigenvalue weighted by Gasteiger charge is -2.22. The summed E-state index contributed by atoms with van der Waals surface area (Å²) in [5.74, 6) is 0.389. The monoisotopic (exact) mass is 329 g/mol. The van der Waals surface area contributed by atoms with Gasteiger partial charge in [-0.05, 0) is 36.1 Å². The number of halogens is 1. The largest absolute Gasteiger partial charge is 0.412 e. The van der Waals surface area contributed by atoms with Gasteiger partial charge in [-0.25, -0.2) is 4.79 Å². The van der Waals surface area contributed by atoms with Crippen LogP contribution in [0.2, 0.25) is 5.02 Å². The molecule has 3 rings (SSSR count). The van der Waals surface area contributed by atoms with Crippen LogP contribution in [0, 0.1) is 0 Å². The Morgan fingerprint density at radius 2 is 1.74 bits per heavy atom. The average Bonchev–Trinajstić information content (AvgIpc) is 2.58. The molecule has 0 saturated heterocycles. The van der Waals surface area contributed by atoms with E-state index in [2.05, 4.69) is 5.32 Å². The molecule has 0 spiro atoms. The van der Waals surface area contributed by atoms with E-state index in [0.717, 1.165) is 36.8 Å². The summed E-state index contributed by atoms with van der Waals surface area (Å²) in [6.45, 7) is 0. The quantitative estimate of drug-likeness (QED) is 0.815. The molecule has 2 aromatic rings. The molecule has 1 aliphatic carbocycles. The Morgan fingerprint density at radius 3 is 2.43 bits per heavy atom. The number of hydrogen-bond donors (Lipinski definition) is 1. The van der Waals surface area contributed by atoms with Gasteiger partial charge in [-0.15, -0.1) is 0 Å². The molecule has 0 aromatic heterocycles. The van der Waals surface area contributed by atoms with Crippen molar-refractivity contribution in [2.24, 2.45) is 0 Å². The number of hydrogen-bond acceptors (Lipinski definition) is 2. The van der Waals surface area contributed by atoms with Crippen molar-refractivity contribution in [2.45, 2.75) is 38.1 Å². The minimum atomic E-state index is -0.425. The molecule has 1 saturated carbocycles. The van der Waals surface area contributed by atoms with E-state index in [-0.39, 0.29) is 6.04 Å². The lowest BCUT2D eigenvalue weighted by molar-refractivity contribution is 0.192. The molecule has 0 unspecified atom stereocenters. The third-order valence-electron chi connectivity index (χ3n) is 4.17. The van der Waals surface area contributed by atoms with Gasteiger partial charge in [0.25, 0.3) is 0 Å². The first-order valence-electron chi connectivity index (χ1n) is 8.06. The van der Waals surface area contributed by atoms with Crippen LogP contribution in [0.3, 0.4) is 0 Å². The summed E-state index contributed by atoms with van der Waals surface area (Å²) in [6, 6.07) is 15.6. The fraction of sp³-hybridized carbons (Fsp3) is 0.316. The summed E-state index contributed by atoms with van der Waals surface area (Å²) < 4.78 is 5.36. The van der Waals surface area contributed by atoms with Crippen molar-refractivity contribution in [3.8, 4) is 16.9 Å². The van der Waals surface area contributed by atoms with Crippen LogP contribution >= 0.6 is 11.6 Å². The first kappa shape index (κ1) is 15.9. The van der Waals surface area contributed by atoms with Crippen molar-refractivity contribution in [1.29, 1.82) is 0 Å². The summed E-state index contributed by atoms with van der Waals surface area (Å²) >= 11 is 6.26. The fourth-order valence-electron chi connectivity index (χ4n) is 2.94. The number of rotatable bonds is 3. The molecule has 1 aliphatic rings. The highest BCUT2D eigenvalue weighted by Crippen LogP contribution is 2.30. The molecule has 0 bridgehead atoms. The van der Waals surface area contributed by atoms with Crippen LogP contribution in [-0.2, 0) is 0 Å². The van der Waals surface area contributed by atoms with Gasteiger partial charge in [-0.1, -0.05) is 67.3 Å². The Kier molecular flexibility index (Phi) is 5.19. The fourth-order valence-corrected chi connectivity index (χ4v) is 3.16. The Labute approximate surface area is 141 Å². The molecular formula is C19H20ClNO2. The van der Waals surface area contributed by atoms with E-state index >= 15 is 0 Å². The minimum Gasteiger partial charge on any atom is -0.409 e. The zero-order chi connectivity index (χ0) is 16.1. The maximum atomic E-state index is 12.0. The maximum Gasteiger partial charge on any atom is 0.412 e. The second-order valence-electron chi connectivity index (χ2n) is 5.88. The Hall–Kier alpha value is -2.00. The van der Waals surface area contributed by atoms with Gasteiger partial charge in [0.15, 0.2) is 5.75 Å². The van der Waals surface area contributed by atoms with Crippen molar-refractivity contribution in [3.63, 3.8) is 0 Å². The van der Waals surface area contributed by atoms with Gasteiger partial charge in [-0.2, -0.15) is 0 Å². The maximum absolute atomic E-state index is 12.0. The second kappa shape index (κ2) is 7.51. The van der Waals surface area contributed by atoms with Crippen molar-refractivity contribution in [3.05, 3.63) is 53.6 Å². The predicted octanol–water partition coefficient (Wildman–Crippen LogP) is 5.43. The topological polar surface area (TPSA) is 38.3 Å². The van der Waals surface area contributed by atoms with Crippen LogP contribution in [0.1, 0.15) is 32.1 Å². The van der Waals surface area contributed by atoms with Gasteiger partial charge in [0.1, 0.15) is 0 Å². The number of nitrogens with one attached hydrogen (secondary N) is 1. The molecule has 0 heterocycles. The number of ether oxygens (including phenoxy) is 1. The minimum absolute atomic E-state index is 0.221. The van der Waals surface area contributed by atoms with E-state index in [1.165, 1.54) is 6.42 Å². The molecule has 2 aromatic carbocycles. The number of carbonyl (C=O) groups excluding carboxylic acids is 1. The molecule has 1 N–H and O–H groups in total. The van der Waals surface area contributed by atoms with Crippen molar-refractivity contribution in [1.82, 2.24) is 5.32 Å². The SMILES string of the molecule is O=C(NC1CCCCC1)Oc1ccc(-c2ccccc2)cc1Cl. The highest BCUT2D eigenvalue weighted by Gasteiger charge is 2.17. The summed E-state index contributed by atoms with van der Waals surface area (Å²) in [4.78, 5) is 12.0. The van der Waals surface area contributed by atoms with E-state index in [1.54, 1.807) is 6.07 Å². The smallest absolute Gasteiger partial charge is 0.409 e. The summed E-state index contributed by atoms with van der Waals surface area (Å²) in [7, 11) is 0. The molecule has 120 valence electrons. The standard InChI is InChI=1S/C19H20ClNO2/c20-17-13-15(14-7-3-1-4-8-14)11-12-18(17)23-19(22)21-16-9-5-2-6-10-16/h1,3-4,7-8,11-13,16H,2,5-6,9-10H2,(H,21,22).